The number of carbonyl (C=O) groups is 1. The molecule has 1 aliphatic rings. The first-order valence-electron chi connectivity index (χ1n) is 14.2. The first-order valence-corrected chi connectivity index (χ1v) is 16.2. The summed E-state index contributed by atoms with van der Waals surface area (Å²) in [6, 6.07) is 19.8. The molecule has 0 saturated carbocycles. The number of benzene rings is 3. The molecule has 1 amide bonds. The van der Waals surface area contributed by atoms with E-state index in [1.165, 1.54) is 0 Å². The molecule has 0 aromatic heterocycles. The maximum absolute atomic E-state index is 13.7. The zero-order chi connectivity index (χ0) is 30.1. The van der Waals surface area contributed by atoms with Crippen molar-refractivity contribution in [2.75, 3.05) is 42.1 Å². The number of nitrogens with zero attached hydrogens (tertiary/aromatic N) is 1. The van der Waals surface area contributed by atoms with Crippen LogP contribution in [0.3, 0.4) is 0 Å². The Morgan fingerprint density at radius 2 is 1.86 bits per heavy atom. The van der Waals surface area contributed by atoms with E-state index in [9.17, 15) is 19.0 Å². The summed E-state index contributed by atoms with van der Waals surface area (Å²) in [6.45, 7) is 3.78. The van der Waals surface area contributed by atoms with Crippen LogP contribution in [0.1, 0.15) is 41.3 Å². The number of aliphatic hydroxyl groups excluding tert-OH is 1. The van der Waals surface area contributed by atoms with Crippen molar-refractivity contribution in [2.45, 2.75) is 44.9 Å². The molecule has 11 heteroatoms. The highest BCUT2D eigenvalue weighted by Crippen LogP contribution is 2.50. The standard InChI is InChI=1S/C31H41ClN4O5S/c1-3-34-26-16-24(17-27(19-26)36-11-7-8-12-42(36,39)40)31(38)35-29(15-22-9-5-4-6-10-22)30(37)21-33-20-23-13-25(32)18-28(14-23)41-2/h4-6,9-10,13-14,16-19,29-30,33-34,37,39-40H,3,7-8,11-12,15,20-21H2,1-2H3,(H,35,38). The van der Waals surface area contributed by atoms with Crippen LogP contribution < -0.4 is 25.0 Å². The van der Waals surface area contributed by atoms with Crippen LogP contribution in [-0.4, -0.2) is 64.8 Å². The van der Waals surface area contributed by atoms with E-state index < -0.39 is 22.9 Å². The Bertz CT molecular complexity index is 1330. The molecule has 1 aliphatic heterocycles. The fraction of sp³-hybridized carbons (Fsp3) is 0.387. The molecule has 1 heterocycles. The number of nitrogens with one attached hydrogen (secondary N) is 3. The smallest absolute Gasteiger partial charge is 0.251 e. The van der Waals surface area contributed by atoms with Crippen molar-refractivity contribution in [3.05, 3.63) is 88.4 Å². The summed E-state index contributed by atoms with van der Waals surface area (Å²) in [7, 11) is -1.38. The molecule has 42 heavy (non-hydrogen) atoms. The third-order valence-electron chi connectivity index (χ3n) is 7.16. The maximum Gasteiger partial charge on any atom is 0.251 e. The van der Waals surface area contributed by atoms with Crippen LogP contribution in [0.2, 0.25) is 5.02 Å². The van der Waals surface area contributed by atoms with Crippen molar-refractivity contribution in [1.29, 1.82) is 0 Å². The molecule has 4 rings (SSSR count). The molecule has 1 saturated heterocycles. The minimum absolute atomic E-state index is 0.226. The zero-order valence-electron chi connectivity index (χ0n) is 24.1. The van der Waals surface area contributed by atoms with Crippen molar-refractivity contribution >= 4 is 39.7 Å². The number of aliphatic hydroxyl groups is 1. The summed E-state index contributed by atoms with van der Waals surface area (Å²) in [5.41, 5.74) is 3.54. The van der Waals surface area contributed by atoms with Gasteiger partial charge in [-0.3, -0.25) is 18.2 Å². The Kier molecular flexibility index (Phi) is 11.4. The van der Waals surface area contributed by atoms with Crippen LogP contribution >= 0.6 is 22.4 Å². The summed E-state index contributed by atoms with van der Waals surface area (Å²) < 4.78 is 28.3. The summed E-state index contributed by atoms with van der Waals surface area (Å²) in [5, 5.41) is 21.4. The number of ether oxygens (including phenoxy) is 1. The lowest BCUT2D eigenvalue weighted by molar-refractivity contribution is 0.0830. The lowest BCUT2D eigenvalue weighted by Gasteiger charge is -2.47. The predicted molar refractivity (Wildman–Crippen MR) is 172 cm³/mol. The average Bonchev–Trinajstić information content (AvgIpc) is 2.96. The third-order valence-corrected chi connectivity index (χ3v) is 9.31. The Hall–Kier alpha value is -2.99. The molecule has 3 aromatic carbocycles. The number of hydrogen-bond donors (Lipinski definition) is 6. The van der Waals surface area contributed by atoms with Gasteiger partial charge < -0.3 is 25.8 Å². The fourth-order valence-corrected chi connectivity index (χ4v) is 6.97. The Balaban J connectivity index is 1.52. The number of amides is 1. The van der Waals surface area contributed by atoms with E-state index in [1.807, 2.05) is 55.5 Å². The van der Waals surface area contributed by atoms with Gasteiger partial charge in [0.25, 0.3) is 5.91 Å². The van der Waals surface area contributed by atoms with Crippen molar-refractivity contribution in [1.82, 2.24) is 10.6 Å². The molecular formula is C31H41ClN4O5S. The molecule has 0 spiro atoms. The number of carbonyl (C=O) groups excluding carboxylic acids is 1. The Morgan fingerprint density at radius 3 is 2.57 bits per heavy atom. The van der Waals surface area contributed by atoms with Gasteiger partial charge in [-0.05, 0) is 73.7 Å². The molecule has 3 aromatic rings. The summed E-state index contributed by atoms with van der Waals surface area (Å²) >= 11 is 6.20. The van der Waals surface area contributed by atoms with Gasteiger partial charge in [0, 0.05) is 42.5 Å². The van der Waals surface area contributed by atoms with Crippen LogP contribution in [0.25, 0.3) is 0 Å². The van der Waals surface area contributed by atoms with Gasteiger partial charge in [0.1, 0.15) is 5.75 Å². The number of hydrogen-bond acceptors (Lipinski definition) is 8. The van der Waals surface area contributed by atoms with E-state index in [0.717, 1.165) is 24.0 Å². The van der Waals surface area contributed by atoms with Crippen molar-refractivity contribution < 1.29 is 23.7 Å². The molecule has 0 radical (unpaired) electrons. The monoisotopic (exact) mass is 616 g/mol. The first-order chi connectivity index (χ1) is 20.2. The molecule has 228 valence electrons. The van der Waals surface area contributed by atoms with E-state index in [0.29, 0.717) is 59.5 Å². The number of rotatable bonds is 13. The average molecular weight is 617 g/mol. The van der Waals surface area contributed by atoms with Crippen LogP contribution in [0, 0.1) is 0 Å². The third kappa shape index (κ3) is 8.76. The van der Waals surface area contributed by atoms with Gasteiger partial charge in [-0.1, -0.05) is 41.9 Å². The largest absolute Gasteiger partial charge is 0.497 e. The number of methoxy groups -OCH3 is 1. The first kappa shape index (κ1) is 31.9. The van der Waals surface area contributed by atoms with Crippen molar-refractivity contribution in [3.8, 4) is 5.75 Å². The summed E-state index contributed by atoms with van der Waals surface area (Å²) in [6.07, 6.45) is 1.10. The maximum atomic E-state index is 13.7. The minimum Gasteiger partial charge on any atom is -0.497 e. The molecular weight excluding hydrogens is 576 g/mol. The van der Waals surface area contributed by atoms with Gasteiger partial charge in [-0.2, -0.15) is 0 Å². The number of halogens is 1. The predicted octanol–water partition coefficient (Wildman–Crippen LogP) is 5.54. The van der Waals surface area contributed by atoms with E-state index in [1.54, 1.807) is 29.6 Å². The topological polar surface area (TPSA) is 126 Å². The van der Waals surface area contributed by atoms with Crippen molar-refractivity contribution in [3.63, 3.8) is 0 Å². The zero-order valence-corrected chi connectivity index (χ0v) is 25.6. The van der Waals surface area contributed by atoms with Gasteiger partial charge in [0.05, 0.1) is 30.7 Å². The second-order valence-corrected chi connectivity index (χ2v) is 13.0. The van der Waals surface area contributed by atoms with Crippen LogP contribution in [0.5, 0.6) is 5.75 Å². The van der Waals surface area contributed by atoms with Crippen LogP contribution in [0.15, 0.2) is 66.7 Å². The second kappa shape index (κ2) is 15.0. The van der Waals surface area contributed by atoms with E-state index >= 15 is 0 Å². The summed E-state index contributed by atoms with van der Waals surface area (Å²) in [4.78, 5) is 13.7. The lowest BCUT2D eigenvalue weighted by atomic mass is 10.00. The van der Waals surface area contributed by atoms with Crippen LogP contribution in [-0.2, 0) is 13.0 Å². The van der Waals surface area contributed by atoms with E-state index in [4.69, 9.17) is 16.3 Å². The quantitative estimate of drug-likeness (QED) is 0.148. The highest BCUT2D eigenvalue weighted by atomic mass is 35.5. The normalized spacial score (nSPS) is 16.8. The Morgan fingerprint density at radius 1 is 1.07 bits per heavy atom. The fourth-order valence-electron chi connectivity index (χ4n) is 5.05. The van der Waals surface area contributed by atoms with Gasteiger partial charge in [0.15, 0.2) is 0 Å². The number of anilines is 2. The molecule has 1 fully saturated rings. The van der Waals surface area contributed by atoms with Crippen LogP contribution in [0.4, 0.5) is 11.4 Å². The highest BCUT2D eigenvalue weighted by molar-refractivity contribution is 8.25. The molecule has 0 aliphatic carbocycles. The van der Waals surface area contributed by atoms with Gasteiger partial charge in [-0.15, -0.1) is 10.8 Å². The molecule has 2 unspecified atom stereocenters. The Labute approximate surface area is 254 Å². The summed E-state index contributed by atoms with van der Waals surface area (Å²) in [5.74, 6) is 0.600. The molecule has 9 nitrogen and oxygen atoms in total. The second-order valence-electron chi connectivity index (χ2n) is 10.4. The van der Waals surface area contributed by atoms with Crippen molar-refractivity contribution in [2.24, 2.45) is 0 Å². The lowest BCUT2D eigenvalue weighted by Crippen LogP contribution is -2.48. The van der Waals surface area contributed by atoms with Gasteiger partial charge in [-0.25, -0.2) is 0 Å². The highest BCUT2D eigenvalue weighted by Gasteiger charge is 2.28. The molecule has 6 N–H and O–H groups in total. The minimum atomic E-state index is -2.96. The van der Waals surface area contributed by atoms with E-state index in [2.05, 4.69) is 16.0 Å². The van der Waals surface area contributed by atoms with Gasteiger partial charge in [0.2, 0.25) is 0 Å². The van der Waals surface area contributed by atoms with E-state index in [-0.39, 0.29) is 12.5 Å². The molecule has 2 atom stereocenters. The van der Waals surface area contributed by atoms with Gasteiger partial charge >= 0.3 is 0 Å². The SMILES string of the molecule is CCNc1cc(C(=O)NC(Cc2ccccc2)C(O)CNCc2cc(Cl)cc(OC)c2)cc(N2CCCCS2(O)O)c1. The molecule has 0 bridgehead atoms.